The van der Waals surface area contributed by atoms with Crippen LogP contribution in [0.3, 0.4) is 0 Å². The van der Waals surface area contributed by atoms with Crippen LogP contribution in [-0.4, -0.2) is 34.6 Å². The Morgan fingerprint density at radius 3 is 2.87 bits per heavy atom. The fourth-order valence-corrected chi connectivity index (χ4v) is 1.45. The van der Waals surface area contributed by atoms with Crippen molar-refractivity contribution in [3.8, 4) is 0 Å². The minimum absolute atomic E-state index is 0.0502. The first-order valence-electron chi connectivity index (χ1n) is 4.94. The van der Waals surface area contributed by atoms with Crippen molar-refractivity contribution < 1.29 is 4.79 Å². The Kier molecular flexibility index (Phi) is 4.62. The van der Waals surface area contributed by atoms with Crippen LogP contribution in [0.2, 0.25) is 0 Å². The van der Waals surface area contributed by atoms with Crippen LogP contribution in [0.1, 0.15) is 12.6 Å². The molecule has 0 aliphatic carbocycles. The van der Waals surface area contributed by atoms with Crippen molar-refractivity contribution >= 4 is 18.5 Å². The second-order valence-electron chi connectivity index (χ2n) is 3.51. The molecule has 1 aromatic rings. The molecule has 1 unspecified atom stereocenters. The predicted octanol–water partition coefficient (Wildman–Crippen LogP) is 1.40. The van der Waals surface area contributed by atoms with Gasteiger partial charge in [-0.1, -0.05) is 6.07 Å². The lowest BCUT2D eigenvalue weighted by Crippen LogP contribution is -2.33. The van der Waals surface area contributed by atoms with Crippen molar-refractivity contribution in [2.24, 2.45) is 0 Å². The lowest BCUT2D eigenvalue weighted by molar-refractivity contribution is -0.128. The molecule has 4 heteroatoms. The van der Waals surface area contributed by atoms with E-state index in [1.165, 1.54) is 0 Å². The molecule has 1 atom stereocenters. The van der Waals surface area contributed by atoms with E-state index in [0.717, 1.165) is 12.1 Å². The van der Waals surface area contributed by atoms with Crippen molar-refractivity contribution in [2.75, 3.05) is 13.6 Å². The Bertz CT molecular complexity index is 314. The number of aromatic nitrogens is 1. The number of amides is 1. The summed E-state index contributed by atoms with van der Waals surface area (Å²) in [7, 11) is 1.79. The highest BCUT2D eigenvalue weighted by Gasteiger charge is 2.12. The first kappa shape index (κ1) is 12.0. The molecular weight excluding hydrogens is 208 g/mol. The van der Waals surface area contributed by atoms with Crippen LogP contribution in [0.5, 0.6) is 0 Å². The molecule has 15 heavy (non-hydrogen) atoms. The van der Waals surface area contributed by atoms with E-state index >= 15 is 0 Å². The van der Waals surface area contributed by atoms with E-state index in [9.17, 15) is 4.79 Å². The Labute approximate surface area is 95.9 Å². The molecule has 0 fully saturated rings. The van der Waals surface area contributed by atoms with Gasteiger partial charge in [0.15, 0.2) is 0 Å². The molecular formula is C11H16N2OS. The lowest BCUT2D eigenvalue weighted by atomic mass is 10.2. The maximum atomic E-state index is 11.5. The number of likely N-dealkylation sites (N-methyl/N-ethyl adjacent to an activating group) is 1. The Balaban J connectivity index is 2.41. The summed E-state index contributed by atoms with van der Waals surface area (Å²) in [4.78, 5) is 17.4. The number of hydrogen-bond donors (Lipinski definition) is 1. The fourth-order valence-electron chi connectivity index (χ4n) is 1.26. The van der Waals surface area contributed by atoms with Crippen LogP contribution < -0.4 is 0 Å². The van der Waals surface area contributed by atoms with Gasteiger partial charge in [0.05, 0.1) is 5.25 Å². The number of pyridine rings is 1. The standard InChI is InChI=1S/C11H16N2OS/c1-9(15)11(14)13(2)8-6-10-5-3-4-7-12-10/h3-5,7,9,15H,6,8H2,1-2H3. The largest absolute Gasteiger partial charge is 0.344 e. The zero-order valence-corrected chi connectivity index (χ0v) is 9.95. The third-order valence-corrected chi connectivity index (χ3v) is 2.38. The topological polar surface area (TPSA) is 33.2 Å². The van der Waals surface area contributed by atoms with Gasteiger partial charge in [0.1, 0.15) is 0 Å². The van der Waals surface area contributed by atoms with Gasteiger partial charge in [-0.2, -0.15) is 12.6 Å². The number of hydrogen-bond acceptors (Lipinski definition) is 3. The Morgan fingerprint density at radius 2 is 2.33 bits per heavy atom. The minimum atomic E-state index is -0.237. The summed E-state index contributed by atoms with van der Waals surface area (Å²) in [5.74, 6) is 0.0502. The fraction of sp³-hybridized carbons (Fsp3) is 0.455. The first-order valence-corrected chi connectivity index (χ1v) is 5.46. The number of thiol groups is 1. The maximum Gasteiger partial charge on any atom is 0.234 e. The van der Waals surface area contributed by atoms with E-state index in [1.54, 1.807) is 25.1 Å². The number of carbonyl (C=O) groups is 1. The van der Waals surface area contributed by atoms with Gasteiger partial charge >= 0.3 is 0 Å². The summed E-state index contributed by atoms with van der Waals surface area (Å²) >= 11 is 4.11. The van der Waals surface area contributed by atoms with Crippen LogP contribution >= 0.6 is 12.6 Å². The molecule has 3 nitrogen and oxygen atoms in total. The monoisotopic (exact) mass is 224 g/mol. The lowest BCUT2D eigenvalue weighted by Gasteiger charge is -2.18. The van der Waals surface area contributed by atoms with Gasteiger partial charge < -0.3 is 4.90 Å². The Morgan fingerprint density at radius 1 is 1.60 bits per heavy atom. The van der Waals surface area contributed by atoms with Crippen molar-refractivity contribution in [1.82, 2.24) is 9.88 Å². The molecule has 0 aromatic carbocycles. The highest BCUT2D eigenvalue weighted by Crippen LogP contribution is 2.01. The molecule has 0 bridgehead atoms. The molecule has 0 saturated heterocycles. The third kappa shape index (κ3) is 3.91. The molecule has 1 heterocycles. The van der Waals surface area contributed by atoms with E-state index in [-0.39, 0.29) is 11.2 Å². The van der Waals surface area contributed by atoms with Crippen LogP contribution in [0, 0.1) is 0 Å². The highest BCUT2D eigenvalue weighted by molar-refractivity contribution is 7.81. The summed E-state index contributed by atoms with van der Waals surface area (Å²) in [6, 6.07) is 5.79. The van der Waals surface area contributed by atoms with Crippen molar-refractivity contribution in [2.45, 2.75) is 18.6 Å². The minimum Gasteiger partial charge on any atom is -0.344 e. The van der Waals surface area contributed by atoms with Gasteiger partial charge in [-0.15, -0.1) is 0 Å². The first-order chi connectivity index (χ1) is 7.11. The average Bonchev–Trinajstić information content (AvgIpc) is 2.26. The van der Waals surface area contributed by atoms with Gasteiger partial charge in [-0.3, -0.25) is 9.78 Å². The van der Waals surface area contributed by atoms with Crippen LogP contribution in [0.25, 0.3) is 0 Å². The second-order valence-corrected chi connectivity index (χ2v) is 4.28. The highest BCUT2D eigenvalue weighted by atomic mass is 32.1. The van der Waals surface area contributed by atoms with Crippen molar-refractivity contribution in [3.63, 3.8) is 0 Å². The normalized spacial score (nSPS) is 12.2. The van der Waals surface area contributed by atoms with E-state index in [4.69, 9.17) is 0 Å². The third-order valence-electron chi connectivity index (χ3n) is 2.16. The molecule has 1 amide bonds. The van der Waals surface area contributed by atoms with Gasteiger partial charge in [0.25, 0.3) is 0 Å². The summed E-state index contributed by atoms with van der Waals surface area (Å²) < 4.78 is 0. The number of carbonyl (C=O) groups excluding carboxylic acids is 1. The Hall–Kier alpha value is -1.03. The SMILES string of the molecule is CC(S)C(=O)N(C)CCc1ccccn1. The number of nitrogens with zero attached hydrogens (tertiary/aromatic N) is 2. The maximum absolute atomic E-state index is 11.5. The molecule has 0 aliphatic rings. The van der Waals surface area contributed by atoms with Crippen molar-refractivity contribution in [3.05, 3.63) is 30.1 Å². The van der Waals surface area contributed by atoms with E-state index in [1.807, 2.05) is 18.2 Å². The molecule has 0 N–H and O–H groups in total. The van der Waals surface area contributed by atoms with Gasteiger partial charge in [0.2, 0.25) is 5.91 Å². The molecule has 0 spiro atoms. The van der Waals surface area contributed by atoms with Gasteiger partial charge in [-0.25, -0.2) is 0 Å². The van der Waals surface area contributed by atoms with Gasteiger partial charge in [0, 0.05) is 31.9 Å². The molecule has 1 aromatic heterocycles. The molecule has 1 rings (SSSR count). The zero-order valence-electron chi connectivity index (χ0n) is 9.05. The number of rotatable bonds is 4. The van der Waals surface area contributed by atoms with E-state index in [0.29, 0.717) is 6.54 Å². The van der Waals surface area contributed by atoms with Crippen LogP contribution in [0.4, 0.5) is 0 Å². The van der Waals surface area contributed by atoms with Crippen LogP contribution in [0.15, 0.2) is 24.4 Å². The van der Waals surface area contributed by atoms with E-state index < -0.39 is 0 Å². The predicted molar refractivity (Wildman–Crippen MR) is 64.0 cm³/mol. The molecule has 0 aliphatic heterocycles. The molecule has 0 saturated carbocycles. The van der Waals surface area contributed by atoms with E-state index in [2.05, 4.69) is 17.6 Å². The van der Waals surface area contributed by atoms with Crippen LogP contribution in [-0.2, 0) is 11.2 Å². The second kappa shape index (κ2) is 5.75. The van der Waals surface area contributed by atoms with Gasteiger partial charge in [-0.05, 0) is 19.1 Å². The molecule has 0 radical (unpaired) electrons. The quantitative estimate of drug-likeness (QED) is 0.784. The summed E-state index contributed by atoms with van der Waals surface area (Å²) in [5, 5.41) is -0.237. The van der Waals surface area contributed by atoms with Crippen molar-refractivity contribution in [1.29, 1.82) is 0 Å². The average molecular weight is 224 g/mol. The summed E-state index contributed by atoms with van der Waals surface area (Å²) in [5.41, 5.74) is 1.00. The smallest absolute Gasteiger partial charge is 0.234 e. The summed E-state index contributed by atoms with van der Waals surface area (Å²) in [6.07, 6.45) is 2.54. The summed E-state index contributed by atoms with van der Waals surface area (Å²) in [6.45, 7) is 2.46. The zero-order chi connectivity index (χ0) is 11.3. The molecule has 82 valence electrons.